The molecule has 0 N–H and O–H groups in total. The van der Waals surface area contributed by atoms with Gasteiger partial charge in [0, 0.05) is 31.1 Å². The van der Waals surface area contributed by atoms with E-state index in [0.717, 1.165) is 40.6 Å². The maximum Gasteiger partial charge on any atom is 0.510 e. The lowest BCUT2D eigenvalue weighted by molar-refractivity contribution is -0.134. The Hall–Kier alpha value is -2.32. The molecule has 8 heteroatoms. The number of halogens is 1. The molecule has 2 atom stereocenters. The minimum Gasteiger partial charge on any atom is -0.435 e. The van der Waals surface area contributed by atoms with Crippen molar-refractivity contribution in [1.29, 1.82) is 0 Å². The Bertz CT molecular complexity index is 1070. The van der Waals surface area contributed by atoms with E-state index < -0.39 is 6.16 Å². The fourth-order valence-corrected chi connectivity index (χ4v) is 5.64. The molecule has 2 aliphatic rings. The fourth-order valence-electron chi connectivity index (χ4n) is 4.99. The van der Waals surface area contributed by atoms with Gasteiger partial charge < -0.3 is 18.9 Å². The number of nitrogens with zero attached hydrogens (tertiary/aromatic N) is 3. The number of likely N-dealkylation sites (N-methyl/N-ethyl adjacent to an activating group) is 1. The Morgan fingerprint density at radius 1 is 1.19 bits per heavy atom. The van der Waals surface area contributed by atoms with Gasteiger partial charge >= 0.3 is 6.16 Å². The van der Waals surface area contributed by atoms with E-state index >= 15 is 0 Å². The number of hydrogen-bond acceptors (Lipinski definition) is 5. The van der Waals surface area contributed by atoms with Gasteiger partial charge in [0.05, 0.1) is 22.6 Å². The van der Waals surface area contributed by atoms with E-state index in [4.69, 9.17) is 9.47 Å². The quantitative estimate of drug-likeness (QED) is 0.550. The van der Waals surface area contributed by atoms with Gasteiger partial charge in [0.15, 0.2) is 6.73 Å². The molecule has 1 amide bonds. The van der Waals surface area contributed by atoms with Crippen LogP contribution in [0.5, 0.6) is 0 Å². The van der Waals surface area contributed by atoms with Crippen molar-refractivity contribution >= 4 is 44.5 Å². The first-order valence-corrected chi connectivity index (χ1v) is 12.0. The summed E-state index contributed by atoms with van der Waals surface area (Å²) >= 11 is 3.75. The standard InChI is InChI=1S/C24H30BrN3O4/c1-5-27(6-2)23(29)15-11-17-16-9-8-10-19-21(16)18(12-20(17)26(4)13-15)22(25)28(19)14-32-24(30)31-7-3/h8-11,15,20H,5-7,12-14H2,1-4H3. The maximum absolute atomic E-state index is 13.1. The van der Waals surface area contributed by atoms with Crippen LogP contribution in [-0.2, 0) is 27.4 Å². The number of fused-ring (bicyclic) bond motifs is 2. The number of rotatable bonds is 6. The minimum absolute atomic E-state index is 0.0714. The molecule has 1 aromatic heterocycles. The third-order valence-electron chi connectivity index (χ3n) is 6.55. The first kappa shape index (κ1) is 22.9. The summed E-state index contributed by atoms with van der Waals surface area (Å²) < 4.78 is 13.1. The van der Waals surface area contributed by atoms with Crippen LogP contribution in [-0.4, -0.2) is 65.8 Å². The summed E-state index contributed by atoms with van der Waals surface area (Å²) in [6.45, 7) is 8.29. The minimum atomic E-state index is -0.678. The number of ether oxygens (including phenoxy) is 2. The monoisotopic (exact) mass is 503 g/mol. The number of amides is 1. The van der Waals surface area contributed by atoms with Crippen LogP contribution in [0.3, 0.4) is 0 Å². The summed E-state index contributed by atoms with van der Waals surface area (Å²) in [6, 6.07) is 6.39. The highest BCUT2D eigenvalue weighted by atomic mass is 79.9. The van der Waals surface area contributed by atoms with E-state index in [1.54, 1.807) is 6.92 Å². The molecule has 0 fully saturated rings. The molecule has 0 radical (unpaired) electrons. The van der Waals surface area contributed by atoms with Crippen molar-refractivity contribution in [1.82, 2.24) is 14.4 Å². The van der Waals surface area contributed by atoms with Crippen molar-refractivity contribution in [3.05, 3.63) is 40.0 Å². The second kappa shape index (κ2) is 9.27. The molecule has 4 rings (SSSR count). The van der Waals surface area contributed by atoms with E-state index in [2.05, 4.69) is 40.0 Å². The third-order valence-corrected chi connectivity index (χ3v) is 7.46. The molecule has 1 aliphatic carbocycles. The molecule has 1 aliphatic heterocycles. The van der Waals surface area contributed by atoms with Crippen molar-refractivity contribution < 1.29 is 19.1 Å². The van der Waals surface area contributed by atoms with Gasteiger partial charge in [0.2, 0.25) is 5.91 Å². The molecule has 0 spiro atoms. The van der Waals surface area contributed by atoms with E-state index in [0.29, 0.717) is 6.54 Å². The van der Waals surface area contributed by atoms with Crippen LogP contribution in [0.15, 0.2) is 28.9 Å². The first-order valence-electron chi connectivity index (χ1n) is 11.2. The summed E-state index contributed by atoms with van der Waals surface area (Å²) in [7, 11) is 2.10. The third kappa shape index (κ3) is 3.83. The number of carbonyl (C=O) groups excluding carboxylic acids is 2. The smallest absolute Gasteiger partial charge is 0.435 e. The van der Waals surface area contributed by atoms with Crippen molar-refractivity contribution in [2.75, 3.05) is 33.3 Å². The topological polar surface area (TPSA) is 64.0 Å². The number of benzene rings is 1. The zero-order valence-electron chi connectivity index (χ0n) is 19.1. The van der Waals surface area contributed by atoms with Crippen molar-refractivity contribution in [2.45, 2.75) is 40.0 Å². The van der Waals surface area contributed by atoms with Crippen LogP contribution in [0.25, 0.3) is 16.5 Å². The molecular formula is C24H30BrN3O4. The normalized spacial score (nSPS) is 20.0. The lowest BCUT2D eigenvalue weighted by Crippen LogP contribution is -2.47. The van der Waals surface area contributed by atoms with Crippen molar-refractivity contribution in [3.8, 4) is 0 Å². The average molecular weight is 504 g/mol. The van der Waals surface area contributed by atoms with Crippen LogP contribution in [0.2, 0.25) is 0 Å². The van der Waals surface area contributed by atoms with Gasteiger partial charge in [-0.1, -0.05) is 18.2 Å². The molecule has 32 heavy (non-hydrogen) atoms. The van der Waals surface area contributed by atoms with Crippen LogP contribution >= 0.6 is 15.9 Å². The highest BCUT2D eigenvalue weighted by molar-refractivity contribution is 9.10. The Morgan fingerprint density at radius 3 is 2.62 bits per heavy atom. The maximum atomic E-state index is 13.1. The Morgan fingerprint density at radius 2 is 1.94 bits per heavy atom. The molecule has 1 aromatic carbocycles. The second-order valence-corrected chi connectivity index (χ2v) is 9.00. The second-order valence-electron chi connectivity index (χ2n) is 8.25. The van der Waals surface area contributed by atoms with Crippen molar-refractivity contribution in [3.63, 3.8) is 0 Å². The molecule has 2 aromatic rings. The number of aromatic nitrogens is 1. The van der Waals surface area contributed by atoms with E-state index in [1.807, 2.05) is 35.4 Å². The Balaban J connectivity index is 1.76. The molecule has 2 unspecified atom stereocenters. The van der Waals surface area contributed by atoms with Crippen LogP contribution < -0.4 is 0 Å². The molecule has 0 saturated carbocycles. The summed E-state index contributed by atoms with van der Waals surface area (Å²) in [6.07, 6.45) is 2.33. The molecule has 7 nitrogen and oxygen atoms in total. The molecule has 172 valence electrons. The van der Waals surface area contributed by atoms with Crippen LogP contribution in [0, 0.1) is 5.92 Å². The Kier molecular flexibility index (Phi) is 6.62. The largest absolute Gasteiger partial charge is 0.510 e. The van der Waals surface area contributed by atoms with Gasteiger partial charge in [-0.15, -0.1) is 0 Å². The van der Waals surface area contributed by atoms with Crippen LogP contribution in [0.4, 0.5) is 4.79 Å². The average Bonchev–Trinajstić information content (AvgIpc) is 3.06. The van der Waals surface area contributed by atoms with E-state index in [-0.39, 0.29) is 31.2 Å². The van der Waals surface area contributed by atoms with Gasteiger partial charge in [0.1, 0.15) is 0 Å². The predicted molar refractivity (Wildman–Crippen MR) is 127 cm³/mol. The Labute approximate surface area is 197 Å². The zero-order valence-corrected chi connectivity index (χ0v) is 20.6. The molecule has 2 heterocycles. The van der Waals surface area contributed by atoms with Gasteiger partial charge in [-0.3, -0.25) is 9.69 Å². The van der Waals surface area contributed by atoms with E-state index in [1.165, 1.54) is 11.1 Å². The number of hydrogen-bond donors (Lipinski definition) is 0. The van der Waals surface area contributed by atoms with Crippen molar-refractivity contribution in [2.24, 2.45) is 5.92 Å². The van der Waals surface area contributed by atoms with Crippen LogP contribution in [0.1, 0.15) is 31.9 Å². The van der Waals surface area contributed by atoms with Gasteiger partial charge in [-0.25, -0.2) is 4.79 Å². The predicted octanol–water partition coefficient (Wildman–Crippen LogP) is 4.27. The lowest BCUT2D eigenvalue weighted by atomic mass is 9.79. The molecule has 0 bridgehead atoms. The van der Waals surface area contributed by atoms with Gasteiger partial charge in [0.25, 0.3) is 0 Å². The lowest BCUT2D eigenvalue weighted by Gasteiger charge is -2.40. The summed E-state index contributed by atoms with van der Waals surface area (Å²) in [5, 5.41) is 1.15. The molecular weight excluding hydrogens is 474 g/mol. The molecule has 0 saturated heterocycles. The van der Waals surface area contributed by atoms with E-state index in [9.17, 15) is 9.59 Å². The number of carbonyl (C=O) groups is 2. The highest BCUT2D eigenvalue weighted by Crippen LogP contribution is 2.44. The van der Waals surface area contributed by atoms with Gasteiger partial charge in [-0.05, 0) is 72.9 Å². The first-order chi connectivity index (χ1) is 15.4. The SMILES string of the molecule is CCOC(=O)OCn1c(Br)c2c3c(cccc31)C1=CC(C(=O)N(CC)CC)CN(C)C1C2. The highest BCUT2D eigenvalue weighted by Gasteiger charge is 2.38. The summed E-state index contributed by atoms with van der Waals surface area (Å²) in [4.78, 5) is 29.1. The summed E-state index contributed by atoms with van der Waals surface area (Å²) in [5.41, 5.74) is 4.55. The zero-order chi connectivity index (χ0) is 23.0. The fraction of sp³-hybridized carbons (Fsp3) is 0.500. The summed E-state index contributed by atoms with van der Waals surface area (Å²) in [5.74, 6) is 0.0352. The van der Waals surface area contributed by atoms with Gasteiger partial charge in [-0.2, -0.15) is 0 Å².